The molecule has 7 nitrogen and oxygen atoms in total. The largest absolute Gasteiger partial charge is 0.376 e. The standard InChI is InChI=1S/C14H18FN3O4S/c1-17-12-5-4-10(15)7-13(12)18(23(17,20)21)9-14(19)16-8-11-3-2-6-22-11/h4-5,7,11H,2-3,6,8-9H2,1H3,(H,16,19)/t11-/m1/s1. The van der Waals surface area contributed by atoms with E-state index in [0.717, 1.165) is 27.5 Å². The molecule has 2 aliphatic rings. The Morgan fingerprint density at radius 1 is 1.43 bits per heavy atom. The van der Waals surface area contributed by atoms with Crippen LogP contribution in [-0.4, -0.2) is 47.2 Å². The Bertz CT molecular complexity index is 719. The molecule has 3 rings (SSSR count). The van der Waals surface area contributed by atoms with E-state index in [1.165, 1.54) is 19.2 Å². The Hall–Kier alpha value is -1.87. The number of carbonyl (C=O) groups excluding carboxylic acids is 1. The van der Waals surface area contributed by atoms with Gasteiger partial charge in [0, 0.05) is 26.3 Å². The fourth-order valence-electron chi connectivity index (χ4n) is 2.75. The van der Waals surface area contributed by atoms with Gasteiger partial charge in [0.2, 0.25) is 5.91 Å². The Kier molecular flexibility index (Phi) is 4.15. The van der Waals surface area contributed by atoms with Gasteiger partial charge in [-0.15, -0.1) is 0 Å². The lowest BCUT2D eigenvalue weighted by atomic mass is 10.2. The SMILES string of the molecule is CN1c2ccc(F)cc2N(CC(=O)NC[C@H]2CCCO2)S1(=O)=O. The van der Waals surface area contributed by atoms with E-state index in [4.69, 9.17) is 4.74 Å². The van der Waals surface area contributed by atoms with Crippen molar-refractivity contribution in [2.45, 2.75) is 18.9 Å². The van der Waals surface area contributed by atoms with Crippen LogP contribution in [0.3, 0.4) is 0 Å². The molecule has 0 aromatic heterocycles. The lowest BCUT2D eigenvalue weighted by molar-refractivity contribution is -0.120. The second-order valence-electron chi connectivity index (χ2n) is 5.55. The summed E-state index contributed by atoms with van der Waals surface area (Å²) in [6.07, 6.45) is 1.80. The molecule has 1 N–H and O–H groups in total. The second-order valence-corrected chi connectivity index (χ2v) is 7.44. The highest BCUT2D eigenvalue weighted by atomic mass is 32.2. The van der Waals surface area contributed by atoms with Gasteiger partial charge in [-0.25, -0.2) is 8.70 Å². The highest BCUT2D eigenvalue weighted by Gasteiger charge is 2.39. The Morgan fingerprint density at radius 3 is 2.91 bits per heavy atom. The molecule has 0 saturated carbocycles. The number of anilines is 2. The minimum absolute atomic E-state index is 0.0264. The third kappa shape index (κ3) is 2.98. The molecule has 0 spiro atoms. The first-order valence-corrected chi connectivity index (χ1v) is 8.74. The lowest BCUT2D eigenvalue weighted by Gasteiger charge is -2.19. The normalized spacial score (nSPS) is 22.3. The molecule has 0 unspecified atom stereocenters. The van der Waals surface area contributed by atoms with Crippen molar-refractivity contribution in [3.8, 4) is 0 Å². The average molecular weight is 343 g/mol. The first kappa shape index (κ1) is 16.0. The predicted octanol–water partition coefficient (Wildman–Crippen LogP) is 0.622. The molecule has 1 atom stereocenters. The maximum Gasteiger partial charge on any atom is 0.326 e. The highest BCUT2D eigenvalue weighted by Crippen LogP contribution is 2.39. The van der Waals surface area contributed by atoms with Crippen molar-refractivity contribution in [3.05, 3.63) is 24.0 Å². The summed E-state index contributed by atoms with van der Waals surface area (Å²) in [5.74, 6) is -1.01. The van der Waals surface area contributed by atoms with E-state index in [1.54, 1.807) is 0 Å². The van der Waals surface area contributed by atoms with Gasteiger partial charge in [0.25, 0.3) is 0 Å². The number of hydrogen-bond acceptors (Lipinski definition) is 4. The number of amides is 1. The van der Waals surface area contributed by atoms with Gasteiger partial charge in [-0.3, -0.25) is 9.10 Å². The van der Waals surface area contributed by atoms with Crippen LogP contribution >= 0.6 is 0 Å². The highest BCUT2D eigenvalue weighted by molar-refractivity contribution is 7.94. The van der Waals surface area contributed by atoms with Crippen molar-refractivity contribution < 1.29 is 22.3 Å². The molecule has 23 heavy (non-hydrogen) atoms. The van der Waals surface area contributed by atoms with Crippen LogP contribution < -0.4 is 13.9 Å². The summed E-state index contributed by atoms with van der Waals surface area (Å²) >= 11 is 0. The molecular weight excluding hydrogens is 325 g/mol. The predicted molar refractivity (Wildman–Crippen MR) is 83.1 cm³/mol. The van der Waals surface area contributed by atoms with E-state index in [9.17, 15) is 17.6 Å². The molecule has 9 heteroatoms. The number of benzene rings is 1. The van der Waals surface area contributed by atoms with Crippen molar-refractivity contribution in [2.75, 3.05) is 35.4 Å². The maximum atomic E-state index is 13.4. The van der Waals surface area contributed by atoms with Crippen LogP contribution in [-0.2, 0) is 19.7 Å². The number of carbonyl (C=O) groups is 1. The molecule has 1 fully saturated rings. The molecule has 1 aromatic rings. The minimum atomic E-state index is -3.87. The van der Waals surface area contributed by atoms with Crippen LogP contribution in [0.5, 0.6) is 0 Å². The van der Waals surface area contributed by atoms with Crippen molar-refractivity contribution in [2.24, 2.45) is 0 Å². The first-order valence-electron chi connectivity index (χ1n) is 7.34. The first-order chi connectivity index (χ1) is 10.9. The number of rotatable bonds is 4. The average Bonchev–Trinajstić information content (AvgIpc) is 3.08. The summed E-state index contributed by atoms with van der Waals surface area (Å²) in [7, 11) is -2.49. The number of nitrogens with zero attached hydrogens (tertiary/aromatic N) is 2. The summed E-state index contributed by atoms with van der Waals surface area (Å²) in [5, 5.41) is 2.67. The fourth-order valence-corrected chi connectivity index (χ4v) is 4.12. The Balaban J connectivity index is 1.73. The van der Waals surface area contributed by atoms with Crippen LogP contribution in [0.1, 0.15) is 12.8 Å². The third-order valence-corrected chi connectivity index (χ3v) is 5.78. The molecule has 1 amide bonds. The van der Waals surface area contributed by atoms with Crippen molar-refractivity contribution in [1.82, 2.24) is 5.32 Å². The smallest absolute Gasteiger partial charge is 0.326 e. The minimum Gasteiger partial charge on any atom is -0.376 e. The van der Waals surface area contributed by atoms with Gasteiger partial charge in [0.15, 0.2) is 0 Å². The van der Waals surface area contributed by atoms with Crippen molar-refractivity contribution in [3.63, 3.8) is 0 Å². The summed E-state index contributed by atoms with van der Waals surface area (Å²) in [6.45, 7) is 0.632. The molecule has 0 aliphatic carbocycles. The summed E-state index contributed by atoms with van der Waals surface area (Å²) < 4.78 is 45.6. The van der Waals surface area contributed by atoms with Crippen molar-refractivity contribution in [1.29, 1.82) is 0 Å². The molecule has 126 valence electrons. The quantitative estimate of drug-likeness (QED) is 0.869. The topological polar surface area (TPSA) is 79.0 Å². The molecular formula is C14H18FN3O4S. The lowest BCUT2D eigenvalue weighted by Crippen LogP contribution is -2.44. The molecule has 2 heterocycles. The van der Waals surface area contributed by atoms with Crippen LogP contribution in [0.25, 0.3) is 0 Å². The molecule has 1 aromatic carbocycles. The number of fused-ring (bicyclic) bond motifs is 1. The van der Waals surface area contributed by atoms with Crippen LogP contribution in [0, 0.1) is 5.82 Å². The molecule has 1 saturated heterocycles. The zero-order valence-corrected chi connectivity index (χ0v) is 13.5. The van der Waals surface area contributed by atoms with Gasteiger partial charge in [0.1, 0.15) is 12.4 Å². The summed E-state index contributed by atoms with van der Waals surface area (Å²) in [4.78, 5) is 12.1. The third-order valence-electron chi connectivity index (χ3n) is 4.01. The van der Waals surface area contributed by atoms with Crippen LogP contribution in [0.4, 0.5) is 15.8 Å². The fraction of sp³-hybridized carbons (Fsp3) is 0.500. The number of halogens is 1. The zero-order valence-electron chi connectivity index (χ0n) is 12.7. The van der Waals surface area contributed by atoms with Crippen molar-refractivity contribution >= 4 is 27.5 Å². The second kappa shape index (κ2) is 5.97. The molecule has 2 aliphatic heterocycles. The van der Waals surface area contributed by atoms with E-state index in [0.29, 0.717) is 18.8 Å². The van der Waals surface area contributed by atoms with Crippen LogP contribution in [0.2, 0.25) is 0 Å². The zero-order chi connectivity index (χ0) is 16.6. The molecule has 0 radical (unpaired) electrons. The van der Waals surface area contributed by atoms with E-state index < -0.39 is 28.5 Å². The number of hydrogen-bond donors (Lipinski definition) is 1. The van der Waals surface area contributed by atoms with E-state index in [2.05, 4.69) is 5.32 Å². The van der Waals surface area contributed by atoms with Gasteiger partial charge >= 0.3 is 10.2 Å². The Morgan fingerprint density at radius 2 is 2.22 bits per heavy atom. The van der Waals surface area contributed by atoms with Gasteiger partial charge in [-0.05, 0) is 25.0 Å². The van der Waals surface area contributed by atoms with Gasteiger partial charge < -0.3 is 10.1 Å². The monoisotopic (exact) mass is 343 g/mol. The van der Waals surface area contributed by atoms with E-state index in [1.807, 2.05) is 0 Å². The van der Waals surface area contributed by atoms with E-state index >= 15 is 0 Å². The number of nitrogens with one attached hydrogen (secondary N) is 1. The summed E-state index contributed by atoms with van der Waals surface area (Å²) in [5.41, 5.74) is 0.512. The number of ether oxygens (including phenoxy) is 1. The summed E-state index contributed by atoms with van der Waals surface area (Å²) in [6, 6.07) is 3.68. The Labute approximate surface area is 134 Å². The van der Waals surface area contributed by atoms with Gasteiger partial charge in [-0.1, -0.05) is 0 Å². The van der Waals surface area contributed by atoms with Gasteiger partial charge in [0.05, 0.1) is 17.5 Å². The molecule has 0 bridgehead atoms. The van der Waals surface area contributed by atoms with Gasteiger partial charge in [-0.2, -0.15) is 8.42 Å². The van der Waals surface area contributed by atoms with Crippen LogP contribution in [0.15, 0.2) is 18.2 Å². The maximum absolute atomic E-state index is 13.4. The van der Waals surface area contributed by atoms with E-state index in [-0.39, 0.29) is 11.8 Å².